The van der Waals surface area contributed by atoms with Crippen LogP contribution in [0.15, 0.2) is 41.1 Å². The van der Waals surface area contributed by atoms with E-state index in [-0.39, 0.29) is 11.9 Å². The van der Waals surface area contributed by atoms with Crippen LogP contribution >= 0.6 is 0 Å². The third-order valence-corrected chi connectivity index (χ3v) is 5.44. The third-order valence-electron chi connectivity index (χ3n) is 5.44. The molecule has 0 bridgehead atoms. The molecule has 0 unspecified atom stereocenters. The molecule has 6 nitrogen and oxygen atoms in total. The first kappa shape index (κ1) is 17.2. The molecule has 0 spiro atoms. The van der Waals surface area contributed by atoms with E-state index >= 15 is 0 Å². The van der Waals surface area contributed by atoms with Crippen molar-refractivity contribution in [2.75, 3.05) is 26.4 Å². The van der Waals surface area contributed by atoms with Gasteiger partial charge in [-0.3, -0.25) is 4.79 Å². The Hall–Kier alpha value is -2.18. The summed E-state index contributed by atoms with van der Waals surface area (Å²) in [6.45, 7) is 2.97. The molecule has 26 heavy (non-hydrogen) atoms. The van der Waals surface area contributed by atoms with E-state index in [0.717, 1.165) is 38.0 Å². The lowest BCUT2D eigenvalue weighted by Gasteiger charge is -2.38. The van der Waals surface area contributed by atoms with Gasteiger partial charge in [0.2, 0.25) is 0 Å². The van der Waals surface area contributed by atoms with Crippen LogP contribution in [0.4, 0.5) is 0 Å². The molecule has 3 heterocycles. The summed E-state index contributed by atoms with van der Waals surface area (Å²) in [5.74, 6) is 1.24. The molecular weight excluding hydrogens is 332 g/mol. The Bertz CT molecular complexity index is 724. The zero-order valence-electron chi connectivity index (χ0n) is 14.7. The Kier molecular flexibility index (Phi) is 5.32. The summed E-state index contributed by atoms with van der Waals surface area (Å²) in [7, 11) is 0. The van der Waals surface area contributed by atoms with Crippen molar-refractivity contribution in [2.24, 2.45) is 11.8 Å². The number of hydrogen-bond donors (Lipinski definition) is 1. The average molecular weight is 356 g/mol. The van der Waals surface area contributed by atoms with E-state index in [0.29, 0.717) is 36.4 Å². The topological polar surface area (TPSA) is 73.6 Å². The van der Waals surface area contributed by atoms with Crippen molar-refractivity contribution >= 4 is 5.91 Å². The summed E-state index contributed by atoms with van der Waals surface area (Å²) in [5, 5.41) is 7.06. The molecule has 6 heteroatoms. The zero-order chi connectivity index (χ0) is 17.8. The van der Waals surface area contributed by atoms with Crippen LogP contribution in [-0.4, -0.2) is 43.5 Å². The number of ether oxygens (including phenoxy) is 2. The van der Waals surface area contributed by atoms with Gasteiger partial charge in [0, 0.05) is 37.3 Å². The number of rotatable bonds is 4. The van der Waals surface area contributed by atoms with E-state index < -0.39 is 0 Å². The quantitative estimate of drug-likeness (QED) is 0.912. The predicted octanol–water partition coefficient (Wildman–Crippen LogP) is 2.90. The highest BCUT2D eigenvalue weighted by Gasteiger charge is 2.35. The highest BCUT2D eigenvalue weighted by molar-refractivity contribution is 5.99. The molecule has 2 aliphatic rings. The van der Waals surface area contributed by atoms with Crippen molar-refractivity contribution in [3.63, 3.8) is 0 Å². The monoisotopic (exact) mass is 356 g/mol. The number of aromatic nitrogens is 1. The molecule has 1 aromatic heterocycles. The van der Waals surface area contributed by atoms with Gasteiger partial charge in [-0.25, -0.2) is 0 Å². The molecule has 1 aromatic carbocycles. The number of nitrogens with one attached hydrogen (secondary N) is 1. The fourth-order valence-corrected chi connectivity index (χ4v) is 3.99. The summed E-state index contributed by atoms with van der Waals surface area (Å²) in [4.78, 5) is 12.9. The van der Waals surface area contributed by atoms with Gasteiger partial charge in [0.15, 0.2) is 5.76 Å². The largest absolute Gasteiger partial charge is 0.381 e. The SMILES string of the molecule is O=C(N[C@@H]1CCOC[C@@H]1C1CCOCC1)c1cnoc1-c1ccccc1. The zero-order valence-corrected chi connectivity index (χ0v) is 14.7. The first-order valence-corrected chi connectivity index (χ1v) is 9.29. The minimum atomic E-state index is -0.130. The minimum absolute atomic E-state index is 0.109. The third kappa shape index (κ3) is 3.66. The molecule has 138 valence electrons. The van der Waals surface area contributed by atoms with Crippen LogP contribution < -0.4 is 5.32 Å². The molecule has 0 aliphatic carbocycles. The Labute approximate surface area is 152 Å². The Morgan fingerprint density at radius 1 is 1.04 bits per heavy atom. The molecule has 0 saturated carbocycles. The highest BCUT2D eigenvalue weighted by Crippen LogP contribution is 2.31. The van der Waals surface area contributed by atoms with Gasteiger partial charge in [0.1, 0.15) is 5.56 Å². The molecule has 2 aliphatic heterocycles. The van der Waals surface area contributed by atoms with E-state index in [1.54, 1.807) is 0 Å². The molecule has 0 radical (unpaired) electrons. The van der Waals surface area contributed by atoms with Crippen molar-refractivity contribution < 1.29 is 18.8 Å². The second kappa shape index (κ2) is 8.01. The van der Waals surface area contributed by atoms with Crippen molar-refractivity contribution in [1.82, 2.24) is 10.5 Å². The van der Waals surface area contributed by atoms with Crippen LogP contribution in [0.2, 0.25) is 0 Å². The normalized spacial score (nSPS) is 24.3. The molecular formula is C20H24N2O4. The van der Waals surface area contributed by atoms with Gasteiger partial charge < -0.3 is 19.3 Å². The molecule has 1 N–H and O–H groups in total. The summed E-state index contributed by atoms with van der Waals surface area (Å²) >= 11 is 0. The van der Waals surface area contributed by atoms with Crippen LogP contribution in [-0.2, 0) is 9.47 Å². The standard InChI is InChI=1S/C20H24N2O4/c23-20(16-12-21-26-19(16)15-4-2-1-3-5-15)22-18-8-11-25-13-17(18)14-6-9-24-10-7-14/h1-5,12,14,17-18H,6-11,13H2,(H,22,23)/t17-,18-/m1/s1. The van der Waals surface area contributed by atoms with Gasteiger partial charge in [-0.1, -0.05) is 35.5 Å². The van der Waals surface area contributed by atoms with Gasteiger partial charge in [-0.05, 0) is 25.2 Å². The molecule has 2 fully saturated rings. The Morgan fingerprint density at radius 3 is 2.62 bits per heavy atom. The van der Waals surface area contributed by atoms with Crippen LogP contribution in [0.3, 0.4) is 0 Å². The fourth-order valence-electron chi connectivity index (χ4n) is 3.99. The van der Waals surface area contributed by atoms with E-state index in [2.05, 4.69) is 10.5 Å². The van der Waals surface area contributed by atoms with Crippen LogP contribution in [0.5, 0.6) is 0 Å². The number of amides is 1. The molecule has 4 rings (SSSR count). The number of hydrogen-bond acceptors (Lipinski definition) is 5. The van der Waals surface area contributed by atoms with E-state index in [1.807, 2.05) is 30.3 Å². The van der Waals surface area contributed by atoms with Crippen molar-refractivity contribution in [1.29, 1.82) is 0 Å². The number of carbonyl (C=O) groups excluding carboxylic acids is 1. The lowest BCUT2D eigenvalue weighted by molar-refractivity contribution is -0.0259. The van der Waals surface area contributed by atoms with Crippen molar-refractivity contribution in [3.8, 4) is 11.3 Å². The van der Waals surface area contributed by atoms with E-state index in [4.69, 9.17) is 14.0 Å². The number of benzene rings is 1. The second-order valence-corrected chi connectivity index (χ2v) is 6.99. The first-order chi connectivity index (χ1) is 12.8. The van der Waals surface area contributed by atoms with Crippen molar-refractivity contribution in [2.45, 2.75) is 25.3 Å². The predicted molar refractivity (Wildman–Crippen MR) is 95.7 cm³/mol. The maximum absolute atomic E-state index is 12.9. The van der Waals surface area contributed by atoms with Gasteiger partial charge >= 0.3 is 0 Å². The lowest BCUT2D eigenvalue weighted by Crippen LogP contribution is -2.49. The van der Waals surface area contributed by atoms with Crippen molar-refractivity contribution in [3.05, 3.63) is 42.1 Å². The fraction of sp³-hybridized carbons (Fsp3) is 0.500. The Balaban J connectivity index is 1.49. The van der Waals surface area contributed by atoms with Gasteiger partial charge in [-0.15, -0.1) is 0 Å². The average Bonchev–Trinajstić information content (AvgIpc) is 3.20. The van der Waals surface area contributed by atoms with Gasteiger partial charge in [0.05, 0.1) is 12.8 Å². The maximum atomic E-state index is 12.9. The number of nitrogens with zero attached hydrogens (tertiary/aromatic N) is 1. The molecule has 1 amide bonds. The smallest absolute Gasteiger partial charge is 0.257 e. The second-order valence-electron chi connectivity index (χ2n) is 6.99. The van der Waals surface area contributed by atoms with Gasteiger partial charge in [0.25, 0.3) is 5.91 Å². The maximum Gasteiger partial charge on any atom is 0.257 e. The van der Waals surface area contributed by atoms with Gasteiger partial charge in [-0.2, -0.15) is 0 Å². The van der Waals surface area contributed by atoms with Crippen LogP contribution in [0.25, 0.3) is 11.3 Å². The minimum Gasteiger partial charge on any atom is -0.381 e. The molecule has 2 saturated heterocycles. The molecule has 2 atom stereocenters. The first-order valence-electron chi connectivity index (χ1n) is 9.29. The molecule has 2 aromatic rings. The van der Waals surface area contributed by atoms with Crippen LogP contribution in [0, 0.1) is 11.8 Å². The Morgan fingerprint density at radius 2 is 1.81 bits per heavy atom. The summed E-state index contributed by atoms with van der Waals surface area (Å²) in [5.41, 5.74) is 1.33. The summed E-state index contributed by atoms with van der Waals surface area (Å²) in [6.07, 6.45) is 4.39. The summed E-state index contributed by atoms with van der Waals surface area (Å²) in [6, 6.07) is 9.70. The van der Waals surface area contributed by atoms with Crippen LogP contribution in [0.1, 0.15) is 29.6 Å². The lowest BCUT2D eigenvalue weighted by atomic mass is 9.79. The summed E-state index contributed by atoms with van der Waals surface area (Å²) < 4.78 is 16.5. The van der Waals surface area contributed by atoms with E-state index in [9.17, 15) is 4.79 Å². The number of carbonyl (C=O) groups is 1. The highest BCUT2D eigenvalue weighted by atomic mass is 16.5. The van der Waals surface area contributed by atoms with E-state index in [1.165, 1.54) is 6.20 Å².